The molecule has 0 spiro atoms. The van der Waals surface area contributed by atoms with Gasteiger partial charge >= 0.3 is 7.12 Å². The highest BCUT2D eigenvalue weighted by Crippen LogP contribution is 2.24. The molecule has 3 nitrogen and oxygen atoms in total. The van der Waals surface area contributed by atoms with Crippen LogP contribution in [0.3, 0.4) is 0 Å². The summed E-state index contributed by atoms with van der Waals surface area (Å²) in [6, 6.07) is 0. The van der Waals surface area contributed by atoms with E-state index in [4.69, 9.17) is 9.31 Å². The molecule has 0 aliphatic carbocycles. The lowest BCUT2D eigenvalue weighted by atomic mass is 9.74. The van der Waals surface area contributed by atoms with Crippen molar-refractivity contribution in [3.63, 3.8) is 0 Å². The number of aldehydes is 1. The summed E-state index contributed by atoms with van der Waals surface area (Å²) in [6.45, 7) is 9.16. The Bertz CT molecular complexity index is 248. The fraction of sp³-hybridized carbons (Fsp3) is 0.700. The summed E-state index contributed by atoms with van der Waals surface area (Å²) in [5.74, 6) is 0. The molecule has 1 saturated heterocycles. The maximum absolute atomic E-state index is 10.5. The smallest absolute Gasteiger partial charge is 0.407 e. The zero-order valence-corrected chi connectivity index (χ0v) is 9.29. The summed E-state index contributed by atoms with van der Waals surface area (Å²) in [5.41, 5.74) is 1.64. The van der Waals surface area contributed by atoms with Crippen LogP contribution in [0.2, 0.25) is 0 Å². The highest BCUT2D eigenvalue weighted by atomic mass is 16.6. The monoisotopic (exact) mass is 196 g/mol. The first kappa shape index (κ1) is 11.5. The lowest BCUT2D eigenvalue weighted by Crippen LogP contribution is -2.41. The maximum atomic E-state index is 10.5. The van der Waals surface area contributed by atoms with Crippen LogP contribution in [0.25, 0.3) is 0 Å². The quantitative estimate of drug-likeness (QED) is 0.382. The molecule has 1 aliphatic rings. The molecule has 0 radical (unpaired) electrons. The lowest BCUT2D eigenvalue weighted by Gasteiger charge is -2.33. The number of rotatable bonds is 2. The normalized spacial score (nSPS) is 23.0. The van der Waals surface area contributed by atoms with Crippen LogP contribution in [-0.2, 0) is 14.1 Å². The first-order valence-corrected chi connectivity index (χ1v) is 4.82. The molecule has 0 aromatic carbocycles. The molecule has 0 bridgehead atoms. The van der Waals surface area contributed by atoms with Crippen LogP contribution in [0, 0.1) is 5.41 Å². The summed E-state index contributed by atoms with van der Waals surface area (Å²) >= 11 is 0. The first-order valence-electron chi connectivity index (χ1n) is 4.82. The van der Waals surface area contributed by atoms with Crippen molar-refractivity contribution in [3.05, 3.63) is 11.0 Å². The molecule has 0 aromatic rings. The minimum Gasteiger partial charge on any atom is -0.407 e. The SMILES string of the molecule is CC(C=O)=C(C)B1OCC(C)(C)CO1. The van der Waals surface area contributed by atoms with E-state index < -0.39 is 0 Å². The van der Waals surface area contributed by atoms with Crippen LogP contribution in [-0.4, -0.2) is 26.6 Å². The average molecular weight is 196 g/mol. The van der Waals surface area contributed by atoms with E-state index in [0.29, 0.717) is 18.8 Å². The van der Waals surface area contributed by atoms with Gasteiger partial charge in [-0.1, -0.05) is 13.8 Å². The zero-order valence-electron chi connectivity index (χ0n) is 9.29. The molecular weight excluding hydrogens is 179 g/mol. The van der Waals surface area contributed by atoms with E-state index in [1.54, 1.807) is 6.92 Å². The molecule has 1 fully saturated rings. The zero-order chi connectivity index (χ0) is 10.8. The van der Waals surface area contributed by atoms with Gasteiger partial charge in [0.2, 0.25) is 0 Å². The summed E-state index contributed by atoms with van der Waals surface area (Å²) in [6.07, 6.45) is 0.835. The summed E-state index contributed by atoms with van der Waals surface area (Å²) < 4.78 is 11.1. The van der Waals surface area contributed by atoms with Gasteiger partial charge in [-0.05, 0) is 24.9 Å². The molecule has 4 heteroatoms. The van der Waals surface area contributed by atoms with Gasteiger partial charge in [-0.25, -0.2) is 0 Å². The van der Waals surface area contributed by atoms with Crippen molar-refractivity contribution in [2.45, 2.75) is 27.7 Å². The topological polar surface area (TPSA) is 35.5 Å². The van der Waals surface area contributed by atoms with Crippen molar-refractivity contribution in [2.75, 3.05) is 13.2 Å². The van der Waals surface area contributed by atoms with Crippen LogP contribution in [0.15, 0.2) is 11.0 Å². The molecule has 1 rings (SSSR count). The Morgan fingerprint density at radius 1 is 1.29 bits per heavy atom. The van der Waals surface area contributed by atoms with E-state index in [2.05, 4.69) is 13.8 Å². The lowest BCUT2D eigenvalue weighted by molar-refractivity contribution is -0.104. The van der Waals surface area contributed by atoms with Crippen LogP contribution >= 0.6 is 0 Å². The van der Waals surface area contributed by atoms with Crippen molar-refractivity contribution in [2.24, 2.45) is 5.41 Å². The van der Waals surface area contributed by atoms with E-state index in [9.17, 15) is 4.79 Å². The average Bonchev–Trinajstić information content (AvgIpc) is 2.15. The van der Waals surface area contributed by atoms with Crippen molar-refractivity contribution in [1.82, 2.24) is 0 Å². The number of hydrogen-bond donors (Lipinski definition) is 0. The van der Waals surface area contributed by atoms with Gasteiger partial charge in [0, 0.05) is 18.6 Å². The minimum atomic E-state index is -0.340. The molecule has 0 saturated carbocycles. The van der Waals surface area contributed by atoms with E-state index in [-0.39, 0.29) is 12.5 Å². The Balaban J connectivity index is 2.62. The van der Waals surface area contributed by atoms with Gasteiger partial charge in [0.05, 0.1) is 0 Å². The summed E-state index contributed by atoms with van der Waals surface area (Å²) in [4.78, 5) is 10.5. The Hall–Kier alpha value is -0.605. The third-order valence-corrected chi connectivity index (χ3v) is 2.40. The molecule has 0 unspecified atom stereocenters. The molecular formula is C10H17BO3. The minimum absolute atomic E-state index is 0.0753. The molecule has 78 valence electrons. The Morgan fingerprint density at radius 2 is 1.79 bits per heavy atom. The van der Waals surface area contributed by atoms with Gasteiger partial charge in [0.25, 0.3) is 0 Å². The Kier molecular flexibility index (Phi) is 3.51. The number of carbonyl (C=O) groups is 1. The highest BCUT2D eigenvalue weighted by molar-refractivity contribution is 6.54. The van der Waals surface area contributed by atoms with Crippen LogP contribution < -0.4 is 0 Å². The highest BCUT2D eigenvalue weighted by Gasteiger charge is 2.33. The van der Waals surface area contributed by atoms with Gasteiger partial charge in [-0.15, -0.1) is 0 Å². The second-order valence-electron chi connectivity index (χ2n) is 4.60. The molecule has 0 atom stereocenters. The number of hydrogen-bond acceptors (Lipinski definition) is 3. The molecule has 14 heavy (non-hydrogen) atoms. The fourth-order valence-electron chi connectivity index (χ4n) is 1.22. The van der Waals surface area contributed by atoms with E-state index in [1.807, 2.05) is 6.92 Å². The maximum Gasteiger partial charge on any atom is 0.489 e. The number of allylic oxidation sites excluding steroid dienone is 2. The Labute approximate surface area is 85.6 Å². The van der Waals surface area contributed by atoms with Crippen molar-refractivity contribution in [1.29, 1.82) is 0 Å². The molecule has 0 N–H and O–H groups in total. The van der Waals surface area contributed by atoms with Crippen LogP contribution in [0.1, 0.15) is 27.7 Å². The van der Waals surface area contributed by atoms with Gasteiger partial charge in [-0.2, -0.15) is 0 Å². The third-order valence-electron chi connectivity index (χ3n) is 2.40. The largest absolute Gasteiger partial charge is 0.489 e. The predicted octanol–water partition coefficient (Wildman–Crippen LogP) is 1.62. The molecule has 0 aromatic heterocycles. The first-order chi connectivity index (χ1) is 6.46. The standard InChI is InChI=1S/C10H17BO3/c1-8(5-12)9(2)11-13-6-10(3,4)7-14-11/h5H,6-7H2,1-4H3. The van der Waals surface area contributed by atoms with Gasteiger partial charge < -0.3 is 9.31 Å². The summed E-state index contributed by atoms with van der Waals surface area (Å²) in [5, 5.41) is 0. The fourth-order valence-corrected chi connectivity index (χ4v) is 1.22. The second kappa shape index (κ2) is 4.28. The van der Waals surface area contributed by atoms with Gasteiger partial charge in [0.15, 0.2) is 0 Å². The van der Waals surface area contributed by atoms with Gasteiger partial charge in [-0.3, -0.25) is 4.79 Å². The van der Waals surface area contributed by atoms with E-state index in [0.717, 1.165) is 11.8 Å². The van der Waals surface area contributed by atoms with E-state index in [1.165, 1.54) is 0 Å². The van der Waals surface area contributed by atoms with Gasteiger partial charge in [0.1, 0.15) is 6.29 Å². The van der Waals surface area contributed by atoms with E-state index >= 15 is 0 Å². The molecule has 1 aliphatic heterocycles. The van der Waals surface area contributed by atoms with Crippen molar-refractivity contribution in [3.8, 4) is 0 Å². The predicted molar refractivity (Wildman–Crippen MR) is 55.9 cm³/mol. The third kappa shape index (κ3) is 2.69. The van der Waals surface area contributed by atoms with Crippen LogP contribution in [0.4, 0.5) is 0 Å². The van der Waals surface area contributed by atoms with Crippen molar-refractivity contribution >= 4 is 13.4 Å². The van der Waals surface area contributed by atoms with Crippen molar-refractivity contribution < 1.29 is 14.1 Å². The summed E-state index contributed by atoms with van der Waals surface area (Å²) in [7, 11) is -0.340. The molecule has 0 amide bonds. The van der Waals surface area contributed by atoms with Crippen LogP contribution in [0.5, 0.6) is 0 Å². The second-order valence-corrected chi connectivity index (χ2v) is 4.60. The molecule has 1 heterocycles. The Morgan fingerprint density at radius 3 is 2.21 bits per heavy atom. The number of carbonyl (C=O) groups excluding carboxylic acids is 1.